The molecule has 1 N–H and O–H groups in total. The molecule has 0 bridgehead atoms. The average molecular weight is 357 g/mol. The standard InChI is InChI=1S/C13H13FIN3/c1-2-7-16-13-11(15)8-17-12(18-13)9-3-5-10(14)6-4-9/h3-6,8H,2,7H2,1H3,(H,16,17,18). The van der Waals surface area contributed by atoms with Gasteiger partial charge in [-0.1, -0.05) is 6.92 Å². The molecule has 0 saturated carbocycles. The van der Waals surface area contributed by atoms with Gasteiger partial charge >= 0.3 is 0 Å². The Morgan fingerprint density at radius 3 is 2.67 bits per heavy atom. The molecule has 1 heterocycles. The van der Waals surface area contributed by atoms with Crippen molar-refractivity contribution in [2.24, 2.45) is 0 Å². The largest absolute Gasteiger partial charge is 0.369 e. The zero-order valence-electron chi connectivity index (χ0n) is 9.95. The van der Waals surface area contributed by atoms with Crippen molar-refractivity contribution in [3.63, 3.8) is 0 Å². The highest BCUT2D eigenvalue weighted by Gasteiger charge is 2.06. The van der Waals surface area contributed by atoms with Crippen LogP contribution < -0.4 is 5.32 Å². The first-order valence-electron chi connectivity index (χ1n) is 5.73. The lowest BCUT2D eigenvalue weighted by atomic mass is 10.2. The number of halogens is 2. The van der Waals surface area contributed by atoms with E-state index in [-0.39, 0.29) is 5.82 Å². The molecule has 2 aromatic rings. The van der Waals surface area contributed by atoms with E-state index in [1.54, 1.807) is 18.3 Å². The van der Waals surface area contributed by atoms with E-state index in [0.29, 0.717) is 5.82 Å². The number of aromatic nitrogens is 2. The van der Waals surface area contributed by atoms with E-state index in [2.05, 4.69) is 44.8 Å². The van der Waals surface area contributed by atoms with Crippen LogP contribution in [0.5, 0.6) is 0 Å². The molecule has 1 aromatic heterocycles. The van der Waals surface area contributed by atoms with E-state index in [1.807, 2.05) is 0 Å². The van der Waals surface area contributed by atoms with Crippen LogP contribution in [-0.4, -0.2) is 16.5 Å². The van der Waals surface area contributed by atoms with E-state index >= 15 is 0 Å². The molecule has 0 saturated heterocycles. The van der Waals surface area contributed by atoms with E-state index in [0.717, 1.165) is 27.9 Å². The summed E-state index contributed by atoms with van der Waals surface area (Å²) in [6.07, 6.45) is 2.80. The third-order valence-electron chi connectivity index (χ3n) is 2.39. The Morgan fingerprint density at radius 1 is 1.28 bits per heavy atom. The first kappa shape index (κ1) is 13.2. The molecule has 1 aromatic carbocycles. The molecular weight excluding hydrogens is 344 g/mol. The predicted octanol–water partition coefficient (Wildman–Crippen LogP) is 3.71. The van der Waals surface area contributed by atoms with Crippen molar-refractivity contribution in [1.29, 1.82) is 0 Å². The number of benzene rings is 1. The molecule has 0 unspecified atom stereocenters. The maximum atomic E-state index is 12.9. The van der Waals surface area contributed by atoms with Crippen LogP contribution in [0.3, 0.4) is 0 Å². The van der Waals surface area contributed by atoms with Crippen LogP contribution in [0.2, 0.25) is 0 Å². The van der Waals surface area contributed by atoms with Gasteiger partial charge in [0.2, 0.25) is 0 Å². The summed E-state index contributed by atoms with van der Waals surface area (Å²) < 4.78 is 13.8. The Balaban J connectivity index is 2.31. The fourth-order valence-electron chi connectivity index (χ4n) is 1.47. The van der Waals surface area contributed by atoms with Gasteiger partial charge in [0.25, 0.3) is 0 Å². The van der Waals surface area contributed by atoms with Gasteiger partial charge in [0.15, 0.2) is 5.82 Å². The molecule has 0 atom stereocenters. The van der Waals surface area contributed by atoms with Crippen molar-refractivity contribution in [2.75, 3.05) is 11.9 Å². The lowest BCUT2D eigenvalue weighted by Gasteiger charge is -2.08. The highest BCUT2D eigenvalue weighted by molar-refractivity contribution is 14.1. The molecule has 0 aliphatic carbocycles. The number of anilines is 1. The van der Waals surface area contributed by atoms with Crippen LogP contribution in [0.25, 0.3) is 11.4 Å². The normalized spacial score (nSPS) is 10.4. The second kappa shape index (κ2) is 6.08. The highest BCUT2D eigenvalue weighted by Crippen LogP contribution is 2.20. The summed E-state index contributed by atoms with van der Waals surface area (Å²) in [6, 6.07) is 6.19. The van der Waals surface area contributed by atoms with Gasteiger partial charge in [-0.3, -0.25) is 0 Å². The smallest absolute Gasteiger partial charge is 0.161 e. The number of hydrogen-bond donors (Lipinski definition) is 1. The third-order valence-corrected chi connectivity index (χ3v) is 3.18. The van der Waals surface area contributed by atoms with Crippen LogP contribution in [-0.2, 0) is 0 Å². The van der Waals surface area contributed by atoms with Gasteiger partial charge in [0.1, 0.15) is 11.6 Å². The average Bonchev–Trinajstić information content (AvgIpc) is 2.39. The molecular formula is C13H13FIN3. The van der Waals surface area contributed by atoms with Crippen LogP contribution in [0, 0.1) is 9.39 Å². The van der Waals surface area contributed by atoms with Gasteiger partial charge in [-0.15, -0.1) is 0 Å². The van der Waals surface area contributed by atoms with E-state index < -0.39 is 0 Å². The Morgan fingerprint density at radius 2 is 2.00 bits per heavy atom. The molecule has 0 radical (unpaired) electrons. The summed E-state index contributed by atoms with van der Waals surface area (Å²) in [5, 5.41) is 3.25. The fourth-order valence-corrected chi connectivity index (χ4v) is 1.92. The Hall–Kier alpha value is -1.24. The van der Waals surface area contributed by atoms with Gasteiger partial charge in [-0.05, 0) is 53.3 Å². The molecule has 0 fully saturated rings. The zero-order valence-corrected chi connectivity index (χ0v) is 12.1. The third kappa shape index (κ3) is 3.16. The molecule has 94 valence electrons. The molecule has 18 heavy (non-hydrogen) atoms. The van der Waals surface area contributed by atoms with Crippen molar-refractivity contribution in [1.82, 2.24) is 9.97 Å². The maximum Gasteiger partial charge on any atom is 0.161 e. The molecule has 0 aliphatic rings. The molecule has 3 nitrogen and oxygen atoms in total. The van der Waals surface area contributed by atoms with Crippen molar-refractivity contribution in [2.45, 2.75) is 13.3 Å². The monoisotopic (exact) mass is 357 g/mol. The Kier molecular flexibility index (Phi) is 4.46. The van der Waals surface area contributed by atoms with Crippen LogP contribution in [0.15, 0.2) is 30.5 Å². The molecule has 2 rings (SSSR count). The topological polar surface area (TPSA) is 37.8 Å². The van der Waals surface area contributed by atoms with E-state index in [9.17, 15) is 4.39 Å². The van der Waals surface area contributed by atoms with Crippen LogP contribution in [0.4, 0.5) is 10.2 Å². The van der Waals surface area contributed by atoms with Crippen molar-refractivity contribution in [3.8, 4) is 11.4 Å². The fraction of sp³-hybridized carbons (Fsp3) is 0.231. The van der Waals surface area contributed by atoms with Gasteiger partial charge in [0, 0.05) is 18.3 Å². The summed E-state index contributed by atoms with van der Waals surface area (Å²) in [6.45, 7) is 2.97. The minimum Gasteiger partial charge on any atom is -0.369 e. The number of rotatable bonds is 4. The summed E-state index contributed by atoms with van der Waals surface area (Å²) >= 11 is 2.19. The quantitative estimate of drug-likeness (QED) is 0.848. The summed E-state index contributed by atoms with van der Waals surface area (Å²) in [5.41, 5.74) is 0.812. The number of hydrogen-bond acceptors (Lipinski definition) is 3. The second-order valence-corrected chi connectivity index (χ2v) is 4.99. The van der Waals surface area contributed by atoms with Gasteiger partial charge in [-0.25, -0.2) is 14.4 Å². The summed E-state index contributed by atoms with van der Waals surface area (Å²) in [5.74, 6) is 1.18. The minimum absolute atomic E-state index is 0.256. The summed E-state index contributed by atoms with van der Waals surface area (Å²) in [4.78, 5) is 8.72. The predicted molar refractivity (Wildman–Crippen MR) is 78.9 cm³/mol. The van der Waals surface area contributed by atoms with Gasteiger partial charge in [0.05, 0.1) is 3.57 Å². The maximum absolute atomic E-state index is 12.9. The van der Waals surface area contributed by atoms with E-state index in [1.165, 1.54) is 12.1 Å². The second-order valence-electron chi connectivity index (χ2n) is 3.82. The van der Waals surface area contributed by atoms with Crippen LogP contribution >= 0.6 is 22.6 Å². The first-order valence-corrected chi connectivity index (χ1v) is 6.81. The lowest BCUT2D eigenvalue weighted by Crippen LogP contribution is -2.05. The molecule has 5 heteroatoms. The Bertz CT molecular complexity index is 528. The molecule has 0 spiro atoms. The van der Waals surface area contributed by atoms with Crippen molar-refractivity contribution >= 4 is 28.4 Å². The molecule has 0 amide bonds. The summed E-state index contributed by atoms with van der Waals surface area (Å²) in [7, 11) is 0. The van der Waals surface area contributed by atoms with Crippen molar-refractivity contribution < 1.29 is 4.39 Å². The zero-order chi connectivity index (χ0) is 13.0. The molecule has 0 aliphatic heterocycles. The van der Waals surface area contributed by atoms with Crippen molar-refractivity contribution in [3.05, 3.63) is 39.8 Å². The lowest BCUT2D eigenvalue weighted by molar-refractivity contribution is 0.628. The van der Waals surface area contributed by atoms with E-state index in [4.69, 9.17) is 0 Å². The Labute approximate surface area is 119 Å². The van der Waals surface area contributed by atoms with Crippen LogP contribution in [0.1, 0.15) is 13.3 Å². The highest BCUT2D eigenvalue weighted by atomic mass is 127. The minimum atomic E-state index is -0.256. The van der Waals surface area contributed by atoms with Gasteiger partial charge < -0.3 is 5.32 Å². The first-order chi connectivity index (χ1) is 8.70. The SMILES string of the molecule is CCCNc1nc(-c2ccc(F)cc2)ncc1I. The van der Waals surface area contributed by atoms with Gasteiger partial charge in [-0.2, -0.15) is 0 Å². The number of nitrogens with zero attached hydrogens (tertiary/aromatic N) is 2. The number of nitrogens with one attached hydrogen (secondary N) is 1.